The normalized spacial score (nSPS) is 13.5. The number of pyridine rings is 1. The van der Waals surface area contributed by atoms with Gasteiger partial charge in [0.25, 0.3) is 5.91 Å². The highest BCUT2D eigenvalue weighted by Crippen LogP contribution is 2.17. The predicted octanol–water partition coefficient (Wildman–Crippen LogP) is 1.90. The van der Waals surface area contributed by atoms with Crippen LogP contribution < -0.4 is 5.32 Å². The molecule has 2 heterocycles. The molecule has 1 atom stereocenters. The minimum absolute atomic E-state index is 0.0228. The molecule has 1 amide bonds. The molecule has 6 nitrogen and oxygen atoms in total. The van der Waals surface area contributed by atoms with Crippen LogP contribution in [-0.2, 0) is 9.84 Å². The standard InChI is InChI=1S/C15H21N3O3S/c1-5-11(10(2)3)16-14(19)13-12-8-6-7-9-18(12)15(17-13)22(4,20)21/h6-11H,5H2,1-4H3,(H,16,19)/t11-/m1/s1. The molecule has 0 saturated carbocycles. The summed E-state index contributed by atoms with van der Waals surface area (Å²) < 4.78 is 25.1. The summed E-state index contributed by atoms with van der Waals surface area (Å²) in [6.07, 6.45) is 3.47. The van der Waals surface area contributed by atoms with Crippen molar-refractivity contribution in [3.63, 3.8) is 0 Å². The maximum atomic E-state index is 12.5. The fraction of sp³-hybridized carbons (Fsp3) is 0.467. The molecule has 22 heavy (non-hydrogen) atoms. The summed E-state index contributed by atoms with van der Waals surface area (Å²) in [6.45, 7) is 6.06. The molecule has 7 heteroatoms. The molecular formula is C15H21N3O3S. The van der Waals surface area contributed by atoms with Gasteiger partial charge in [-0.1, -0.05) is 26.8 Å². The molecule has 0 unspecified atom stereocenters. The maximum absolute atomic E-state index is 12.5. The second kappa shape index (κ2) is 6.08. The largest absolute Gasteiger partial charge is 0.348 e. The lowest BCUT2D eigenvalue weighted by molar-refractivity contribution is 0.0921. The number of carbonyl (C=O) groups is 1. The first-order chi connectivity index (χ1) is 10.3. The number of fused-ring (bicyclic) bond motifs is 1. The summed E-state index contributed by atoms with van der Waals surface area (Å²) in [7, 11) is -3.52. The van der Waals surface area contributed by atoms with Crippen molar-refractivity contribution in [3.8, 4) is 0 Å². The second-order valence-electron chi connectivity index (χ2n) is 5.70. The third-order valence-corrected chi connectivity index (χ3v) is 4.58. The van der Waals surface area contributed by atoms with E-state index in [0.29, 0.717) is 5.52 Å². The Labute approximate surface area is 130 Å². The predicted molar refractivity (Wildman–Crippen MR) is 84.7 cm³/mol. The van der Waals surface area contributed by atoms with Crippen molar-refractivity contribution in [2.24, 2.45) is 5.92 Å². The highest BCUT2D eigenvalue weighted by molar-refractivity contribution is 7.90. The second-order valence-corrected chi connectivity index (χ2v) is 7.61. The minimum atomic E-state index is -3.52. The van der Waals surface area contributed by atoms with Crippen molar-refractivity contribution < 1.29 is 13.2 Å². The van der Waals surface area contributed by atoms with Crippen LogP contribution in [0.3, 0.4) is 0 Å². The van der Waals surface area contributed by atoms with E-state index >= 15 is 0 Å². The van der Waals surface area contributed by atoms with Gasteiger partial charge in [0.1, 0.15) is 0 Å². The van der Waals surface area contributed by atoms with E-state index in [0.717, 1.165) is 12.7 Å². The number of hydrogen-bond acceptors (Lipinski definition) is 4. The summed E-state index contributed by atoms with van der Waals surface area (Å²) >= 11 is 0. The van der Waals surface area contributed by atoms with E-state index in [2.05, 4.69) is 10.3 Å². The number of aromatic nitrogens is 2. The summed E-state index contributed by atoms with van der Waals surface area (Å²) in [5, 5.41) is 2.81. The average Bonchev–Trinajstić information content (AvgIpc) is 2.83. The van der Waals surface area contributed by atoms with Gasteiger partial charge in [-0.25, -0.2) is 13.4 Å². The molecule has 0 spiro atoms. The monoisotopic (exact) mass is 323 g/mol. The van der Waals surface area contributed by atoms with Gasteiger partial charge >= 0.3 is 0 Å². The molecule has 0 aliphatic rings. The van der Waals surface area contributed by atoms with Gasteiger partial charge in [0.15, 0.2) is 5.69 Å². The topological polar surface area (TPSA) is 80.5 Å². The van der Waals surface area contributed by atoms with Crippen LogP contribution >= 0.6 is 0 Å². The molecule has 0 bridgehead atoms. The van der Waals surface area contributed by atoms with E-state index in [1.54, 1.807) is 24.4 Å². The van der Waals surface area contributed by atoms with E-state index in [9.17, 15) is 13.2 Å². The molecule has 120 valence electrons. The first-order valence-corrected chi connectivity index (χ1v) is 9.12. The molecule has 0 aromatic carbocycles. The smallest absolute Gasteiger partial charge is 0.272 e. The Hall–Kier alpha value is -1.89. The van der Waals surface area contributed by atoms with Crippen LogP contribution in [0.2, 0.25) is 0 Å². The van der Waals surface area contributed by atoms with Crippen LogP contribution in [0.15, 0.2) is 29.6 Å². The van der Waals surface area contributed by atoms with Gasteiger partial charge in [-0.2, -0.15) is 0 Å². The fourth-order valence-corrected chi connectivity index (χ4v) is 3.19. The lowest BCUT2D eigenvalue weighted by atomic mass is 10.0. The third-order valence-electron chi connectivity index (χ3n) is 3.62. The van der Waals surface area contributed by atoms with Crippen LogP contribution in [0.4, 0.5) is 0 Å². The van der Waals surface area contributed by atoms with Crippen LogP contribution in [0, 0.1) is 5.92 Å². The van der Waals surface area contributed by atoms with E-state index in [-0.39, 0.29) is 28.7 Å². The Morgan fingerprint density at radius 3 is 2.59 bits per heavy atom. The lowest BCUT2D eigenvalue weighted by Gasteiger charge is -2.20. The summed E-state index contributed by atoms with van der Waals surface area (Å²) in [5.41, 5.74) is 0.624. The van der Waals surface area contributed by atoms with Gasteiger partial charge in [-0.3, -0.25) is 9.20 Å². The Morgan fingerprint density at radius 2 is 2.05 bits per heavy atom. The van der Waals surface area contributed by atoms with Crippen molar-refractivity contribution in [1.29, 1.82) is 0 Å². The molecule has 2 rings (SSSR count). The van der Waals surface area contributed by atoms with Crippen molar-refractivity contribution >= 4 is 21.3 Å². The maximum Gasteiger partial charge on any atom is 0.272 e. The summed E-state index contributed by atoms with van der Waals surface area (Å²) in [5.74, 6) is -0.0589. The highest BCUT2D eigenvalue weighted by Gasteiger charge is 2.24. The molecule has 0 saturated heterocycles. The van der Waals surface area contributed by atoms with Crippen LogP contribution in [0.1, 0.15) is 37.7 Å². The molecule has 2 aromatic rings. The molecule has 1 N–H and O–H groups in total. The zero-order chi connectivity index (χ0) is 16.5. The van der Waals surface area contributed by atoms with Crippen LogP contribution in [0.5, 0.6) is 0 Å². The highest BCUT2D eigenvalue weighted by atomic mass is 32.2. The third kappa shape index (κ3) is 3.14. The van der Waals surface area contributed by atoms with Crippen LogP contribution in [-0.4, -0.2) is 36.0 Å². The average molecular weight is 323 g/mol. The van der Waals surface area contributed by atoms with Crippen molar-refractivity contribution in [3.05, 3.63) is 30.1 Å². The van der Waals surface area contributed by atoms with E-state index in [1.807, 2.05) is 20.8 Å². The van der Waals surface area contributed by atoms with Gasteiger partial charge < -0.3 is 5.32 Å². The van der Waals surface area contributed by atoms with Gasteiger partial charge in [0.2, 0.25) is 15.0 Å². The van der Waals surface area contributed by atoms with Gasteiger partial charge in [0, 0.05) is 18.5 Å². The van der Waals surface area contributed by atoms with Crippen molar-refractivity contribution in [2.75, 3.05) is 6.26 Å². The molecule has 0 radical (unpaired) electrons. The number of sulfone groups is 1. The zero-order valence-electron chi connectivity index (χ0n) is 13.2. The lowest BCUT2D eigenvalue weighted by Crippen LogP contribution is -2.38. The zero-order valence-corrected chi connectivity index (χ0v) is 14.0. The quantitative estimate of drug-likeness (QED) is 0.911. The van der Waals surface area contributed by atoms with Crippen molar-refractivity contribution in [1.82, 2.24) is 14.7 Å². The van der Waals surface area contributed by atoms with E-state index < -0.39 is 9.84 Å². The first kappa shape index (κ1) is 16.5. The number of hydrogen-bond donors (Lipinski definition) is 1. The van der Waals surface area contributed by atoms with Crippen LogP contribution in [0.25, 0.3) is 5.52 Å². The minimum Gasteiger partial charge on any atom is -0.348 e. The molecule has 0 aliphatic carbocycles. The Morgan fingerprint density at radius 1 is 1.36 bits per heavy atom. The Kier molecular flexibility index (Phi) is 4.55. The summed E-state index contributed by atoms with van der Waals surface area (Å²) in [6, 6.07) is 5.16. The van der Waals surface area contributed by atoms with Crippen molar-refractivity contribution in [2.45, 2.75) is 38.4 Å². The number of carbonyl (C=O) groups excluding carboxylic acids is 1. The summed E-state index contributed by atoms with van der Waals surface area (Å²) in [4.78, 5) is 16.6. The number of nitrogens with one attached hydrogen (secondary N) is 1. The molecular weight excluding hydrogens is 302 g/mol. The number of imidazole rings is 1. The van der Waals surface area contributed by atoms with E-state index in [4.69, 9.17) is 0 Å². The number of amides is 1. The Balaban J connectivity index is 2.50. The Bertz CT molecular complexity index is 793. The number of rotatable bonds is 5. The SMILES string of the molecule is CC[C@@H](NC(=O)c1nc(S(C)(=O)=O)n2ccccc12)C(C)C. The van der Waals surface area contributed by atoms with Gasteiger partial charge in [0.05, 0.1) is 5.52 Å². The molecule has 0 aliphatic heterocycles. The van der Waals surface area contributed by atoms with E-state index in [1.165, 1.54) is 4.40 Å². The number of nitrogens with zero attached hydrogens (tertiary/aromatic N) is 2. The molecule has 0 fully saturated rings. The van der Waals surface area contributed by atoms with Gasteiger partial charge in [-0.05, 0) is 24.5 Å². The van der Waals surface area contributed by atoms with Gasteiger partial charge in [-0.15, -0.1) is 0 Å². The first-order valence-electron chi connectivity index (χ1n) is 7.23. The fourth-order valence-electron chi connectivity index (χ4n) is 2.42. The molecule has 2 aromatic heterocycles.